The largest absolute Gasteiger partial charge is 0.493 e. The SMILES string of the molecule is COc1cc(CNC(=O)COC(=O)c2ccc(N(C)C)cc2)ccc1OC(F)F. The Balaban J connectivity index is 1.84. The molecule has 1 N–H and O–H groups in total. The predicted octanol–water partition coefficient (Wildman–Crippen LogP) is 2.84. The number of esters is 1. The Morgan fingerprint density at radius 1 is 1.07 bits per heavy atom. The summed E-state index contributed by atoms with van der Waals surface area (Å²) < 4.78 is 39.0. The average Bonchev–Trinajstić information content (AvgIpc) is 2.70. The molecular weight excluding hydrogens is 386 g/mol. The number of anilines is 1. The molecule has 0 fully saturated rings. The third-order valence-electron chi connectivity index (χ3n) is 3.89. The summed E-state index contributed by atoms with van der Waals surface area (Å²) in [6, 6.07) is 11.1. The van der Waals surface area contributed by atoms with Crippen LogP contribution in [0.2, 0.25) is 0 Å². The number of hydrogen-bond donors (Lipinski definition) is 1. The Labute approximate surface area is 167 Å². The lowest BCUT2D eigenvalue weighted by Crippen LogP contribution is -2.28. The summed E-state index contributed by atoms with van der Waals surface area (Å²) in [6.45, 7) is -3.32. The highest BCUT2D eigenvalue weighted by atomic mass is 19.3. The van der Waals surface area contributed by atoms with Crippen molar-refractivity contribution in [2.45, 2.75) is 13.2 Å². The molecule has 2 aromatic carbocycles. The second kappa shape index (κ2) is 10.3. The molecule has 9 heteroatoms. The molecule has 0 saturated carbocycles. The van der Waals surface area contributed by atoms with E-state index in [9.17, 15) is 18.4 Å². The monoisotopic (exact) mass is 408 g/mol. The van der Waals surface area contributed by atoms with Crippen LogP contribution in [0.15, 0.2) is 42.5 Å². The van der Waals surface area contributed by atoms with Gasteiger partial charge in [0.15, 0.2) is 18.1 Å². The third kappa shape index (κ3) is 6.63. The molecule has 0 radical (unpaired) electrons. The van der Waals surface area contributed by atoms with Gasteiger partial charge in [0.1, 0.15) is 0 Å². The molecule has 156 valence electrons. The highest BCUT2D eigenvalue weighted by molar-refractivity contribution is 5.91. The predicted molar refractivity (Wildman–Crippen MR) is 103 cm³/mol. The molecule has 0 aliphatic carbocycles. The van der Waals surface area contributed by atoms with E-state index in [0.717, 1.165) is 5.69 Å². The first-order valence-corrected chi connectivity index (χ1v) is 8.63. The van der Waals surface area contributed by atoms with E-state index in [4.69, 9.17) is 9.47 Å². The molecule has 0 saturated heterocycles. The van der Waals surface area contributed by atoms with E-state index in [2.05, 4.69) is 10.1 Å². The van der Waals surface area contributed by atoms with Crippen molar-refractivity contribution < 1.29 is 32.6 Å². The van der Waals surface area contributed by atoms with Crippen LogP contribution >= 0.6 is 0 Å². The number of benzene rings is 2. The number of carbonyl (C=O) groups is 2. The molecule has 0 aromatic heterocycles. The summed E-state index contributed by atoms with van der Waals surface area (Å²) in [6.07, 6.45) is 0. The zero-order chi connectivity index (χ0) is 21.4. The number of halogens is 2. The van der Waals surface area contributed by atoms with Crippen LogP contribution in [0.5, 0.6) is 11.5 Å². The zero-order valence-corrected chi connectivity index (χ0v) is 16.3. The van der Waals surface area contributed by atoms with Gasteiger partial charge in [0.05, 0.1) is 12.7 Å². The maximum atomic E-state index is 12.3. The lowest BCUT2D eigenvalue weighted by atomic mass is 10.2. The summed E-state index contributed by atoms with van der Waals surface area (Å²) >= 11 is 0. The first-order chi connectivity index (χ1) is 13.8. The molecule has 0 spiro atoms. The maximum absolute atomic E-state index is 12.3. The minimum Gasteiger partial charge on any atom is -0.493 e. The number of alkyl halides is 2. The summed E-state index contributed by atoms with van der Waals surface area (Å²) in [4.78, 5) is 25.8. The van der Waals surface area contributed by atoms with Crippen molar-refractivity contribution in [3.05, 3.63) is 53.6 Å². The first kappa shape index (κ1) is 21.9. The van der Waals surface area contributed by atoms with Crippen LogP contribution in [0.3, 0.4) is 0 Å². The Hall–Kier alpha value is -3.36. The van der Waals surface area contributed by atoms with Crippen LogP contribution < -0.4 is 19.7 Å². The molecule has 0 bridgehead atoms. The average molecular weight is 408 g/mol. The standard InChI is InChI=1S/C20H22F2N2O5/c1-24(2)15-7-5-14(6-8-15)19(26)28-12-18(25)23-11-13-4-9-16(29-20(21)22)17(10-13)27-3/h4-10,20H,11-12H2,1-3H3,(H,23,25). The van der Waals surface area contributed by atoms with Gasteiger partial charge in [-0.15, -0.1) is 0 Å². The number of amides is 1. The first-order valence-electron chi connectivity index (χ1n) is 8.63. The smallest absolute Gasteiger partial charge is 0.387 e. The van der Waals surface area contributed by atoms with Crippen LogP contribution in [0, 0.1) is 0 Å². The zero-order valence-electron chi connectivity index (χ0n) is 16.3. The van der Waals surface area contributed by atoms with Gasteiger partial charge in [-0.3, -0.25) is 4.79 Å². The van der Waals surface area contributed by atoms with Gasteiger partial charge in [-0.1, -0.05) is 6.07 Å². The van der Waals surface area contributed by atoms with Gasteiger partial charge in [-0.2, -0.15) is 8.78 Å². The topological polar surface area (TPSA) is 77.1 Å². The number of nitrogens with one attached hydrogen (secondary N) is 1. The molecule has 0 aliphatic rings. The van der Waals surface area contributed by atoms with Crippen LogP contribution in [-0.4, -0.2) is 46.3 Å². The molecule has 2 aromatic rings. The van der Waals surface area contributed by atoms with Gasteiger partial charge in [0.2, 0.25) is 0 Å². The van der Waals surface area contributed by atoms with E-state index >= 15 is 0 Å². The van der Waals surface area contributed by atoms with E-state index in [-0.39, 0.29) is 18.0 Å². The summed E-state index contributed by atoms with van der Waals surface area (Å²) in [5, 5.41) is 2.57. The van der Waals surface area contributed by atoms with Gasteiger partial charge < -0.3 is 24.4 Å². The Morgan fingerprint density at radius 2 is 1.76 bits per heavy atom. The molecule has 0 aliphatic heterocycles. The molecule has 0 unspecified atom stereocenters. The molecule has 7 nitrogen and oxygen atoms in total. The van der Waals surface area contributed by atoms with Gasteiger partial charge in [0, 0.05) is 26.3 Å². The molecule has 2 rings (SSSR count). The normalized spacial score (nSPS) is 10.4. The van der Waals surface area contributed by atoms with Crippen LogP contribution in [0.4, 0.5) is 14.5 Å². The summed E-state index contributed by atoms with van der Waals surface area (Å²) in [5.74, 6) is -1.10. The summed E-state index contributed by atoms with van der Waals surface area (Å²) in [5.41, 5.74) is 1.87. The van der Waals surface area contributed by atoms with E-state index in [1.165, 1.54) is 25.3 Å². The van der Waals surface area contributed by atoms with Crippen LogP contribution in [0.25, 0.3) is 0 Å². The van der Waals surface area contributed by atoms with Gasteiger partial charge >= 0.3 is 12.6 Å². The Kier molecular flexibility index (Phi) is 7.76. The molecular formula is C20H22F2N2O5. The second-order valence-corrected chi connectivity index (χ2v) is 6.16. The van der Waals surface area contributed by atoms with E-state index in [1.54, 1.807) is 24.3 Å². The molecule has 29 heavy (non-hydrogen) atoms. The molecule has 0 atom stereocenters. The summed E-state index contributed by atoms with van der Waals surface area (Å²) in [7, 11) is 5.08. The van der Waals surface area contributed by atoms with Crippen LogP contribution in [0.1, 0.15) is 15.9 Å². The minimum atomic E-state index is -2.97. The number of carbonyl (C=O) groups excluding carboxylic acids is 2. The van der Waals surface area contributed by atoms with Crippen molar-refractivity contribution in [2.24, 2.45) is 0 Å². The van der Waals surface area contributed by atoms with Gasteiger partial charge in [-0.05, 0) is 42.0 Å². The fraction of sp³-hybridized carbons (Fsp3) is 0.300. The van der Waals surface area contributed by atoms with E-state index in [0.29, 0.717) is 11.1 Å². The minimum absolute atomic E-state index is 0.0965. The molecule has 1 amide bonds. The third-order valence-corrected chi connectivity index (χ3v) is 3.89. The molecule has 0 heterocycles. The van der Waals surface area contributed by atoms with Crippen molar-refractivity contribution in [2.75, 3.05) is 32.7 Å². The lowest BCUT2D eigenvalue weighted by molar-refractivity contribution is -0.124. The van der Waals surface area contributed by atoms with Crippen molar-refractivity contribution in [3.63, 3.8) is 0 Å². The number of ether oxygens (including phenoxy) is 3. The quantitative estimate of drug-likeness (QED) is 0.643. The van der Waals surface area contributed by atoms with E-state index < -0.39 is 25.1 Å². The highest BCUT2D eigenvalue weighted by Crippen LogP contribution is 2.29. The number of nitrogens with zero attached hydrogens (tertiary/aromatic N) is 1. The van der Waals surface area contributed by atoms with Crippen molar-refractivity contribution >= 4 is 17.6 Å². The van der Waals surface area contributed by atoms with Crippen LogP contribution in [-0.2, 0) is 16.1 Å². The number of methoxy groups -OCH3 is 1. The lowest BCUT2D eigenvalue weighted by Gasteiger charge is -2.13. The highest BCUT2D eigenvalue weighted by Gasteiger charge is 2.13. The Morgan fingerprint density at radius 3 is 2.34 bits per heavy atom. The fourth-order valence-electron chi connectivity index (χ4n) is 2.38. The van der Waals surface area contributed by atoms with Crippen molar-refractivity contribution in [1.29, 1.82) is 0 Å². The number of rotatable bonds is 9. The van der Waals surface area contributed by atoms with E-state index in [1.807, 2.05) is 19.0 Å². The van der Waals surface area contributed by atoms with Gasteiger partial charge in [-0.25, -0.2) is 4.79 Å². The Bertz CT molecular complexity index is 841. The van der Waals surface area contributed by atoms with Crippen molar-refractivity contribution in [3.8, 4) is 11.5 Å². The number of hydrogen-bond acceptors (Lipinski definition) is 6. The maximum Gasteiger partial charge on any atom is 0.387 e. The van der Waals surface area contributed by atoms with Crippen molar-refractivity contribution in [1.82, 2.24) is 5.32 Å². The second-order valence-electron chi connectivity index (χ2n) is 6.16. The fourth-order valence-corrected chi connectivity index (χ4v) is 2.38. The van der Waals surface area contributed by atoms with Gasteiger partial charge in [0.25, 0.3) is 5.91 Å².